The van der Waals surface area contributed by atoms with Crippen molar-refractivity contribution in [3.8, 4) is 0 Å². The van der Waals surface area contributed by atoms with E-state index in [0.29, 0.717) is 0 Å². The molecule has 0 aliphatic rings. The molecule has 128 valence electrons. The average Bonchev–Trinajstić information content (AvgIpc) is 3.03. The van der Waals surface area contributed by atoms with Gasteiger partial charge in [0.2, 0.25) is 11.8 Å². The standard InChI is InChI=1S/C17H22N4O2S/c1-12-9-14(19-17(23)13(2)11-24-3)5-6-15(12)20-16(22)10-21-8-4-7-18-21/h4-9,13H,10-11H2,1-3H3,(H,19,23)(H,20,22)/t13-/m0/s1. The van der Waals surface area contributed by atoms with Gasteiger partial charge in [-0.15, -0.1) is 0 Å². The SMILES string of the molecule is CSC[C@H](C)C(=O)Nc1ccc(NC(=O)Cn2cccn2)c(C)c1. The molecule has 2 amide bonds. The zero-order valence-electron chi connectivity index (χ0n) is 14.1. The van der Waals surface area contributed by atoms with Crippen LogP contribution in [0.15, 0.2) is 36.7 Å². The van der Waals surface area contributed by atoms with Crippen LogP contribution in [0.25, 0.3) is 0 Å². The van der Waals surface area contributed by atoms with Crippen LogP contribution in [-0.2, 0) is 16.1 Å². The Morgan fingerprint density at radius 2 is 2.12 bits per heavy atom. The van der Waals surface area contributed by atoms with E-state index in [0.717, 1.165) is 22.7 Å². The largest absolute Gasteiger partial charge is 0.326 e. The molecule has 0 saturated heterocycles. The second-order valence-corrected chi connectivity index (χ2v) is 6.54. The van der Waals surface area contributed by atoms with Gasteiger partial charge in [0.1, 0.15) is 6.54 Å². The van der Waals surface area contributed by atoms with Gasteiger partial charge < -0.3 is 10.6 Å². The summed E-state index contributed by atoms with van der Waals surface area (Å²) in [4.78, 5) is 24.1. The Balaban J connectivity index is 1.96. The van der Waals surface area contributed by atoms with Crippen LogP contribution >= 0.6 is 11.8 Å². The van der Waals surface area contributed by atoms with Gasteiger partial charge in [-0.1, -0.05) is 6.92 Å². The first-order valence-electron chi connectivity index (χ1n) is 7.67. The van der Waals surface area contributed by atoms with E-state index in [-0.39, 0.29) is 24.3 Å². The van der Waals surface area contributed by atoms with Gasteiger partial charge in [-0.3, -0.25) is 14.3 Å². The molecule has 0 aliphatic heterocycles. The van der Waals surface area contributed by atoms with E-state index in [1.165, 1.54) is 0 Å². The van der Waals surface area contributed by atoms with Gasteiger partial charge in [-0.05, 0) is 43.0 Å². The van der Waals surface area contributed by atoms with E-state index in [2.05, 4.69) is 15.7 Å². The maximum absolute atomic E-state index is 12.1. The molecule has 0 aliphatic carbocycles. The minimum absolute atomic E-state index is 0.000724. The summed E-state index contributed by atoms with van der Waals surface area (Å²) in [6.45, 7) is 3.96. The highest BCUT2D eigenvalue weighted by atomic mass is 32.2. The van der Waals surface area contributed by atoms with Crippen molar-refractivity contribution >= 4 is 35.0 Å². The summed E-state index contributed by atoms with van der Waals surface area (Å²) in [7, 11) is 0. The molecular weight excluding hydrogens is 324 g/mol. The van der Waals surface area contributed by atoms with E-state index in [1.54, 1.807) is 47.0 Å². The van der Waals surface area contributed by atoms with Gasteiger partial charge in [0.25, 0.3) is 0 Å². The Morgan fingerprint density at radius 1 is 1.33 bits per heavy atom. The predicted molar refractivity (Wildman–Crippen MR) is 98.2 cm³/mol. The van der Waals surface area contributed by atoms with Crippen molar-refractivity contribution in [1.82, 2.24) is 9.78 Å². The van der Waals surface area contributed by atoms with Gasteiger partial charge in [-0.25, -0.2) is 0 Å². The highest BCUT2D eigenvalue weighted by Crippen LogP contribution is 2.20. The Bertz CT molecular complexity index is 701. The summed E-state index contributed by atoms with van der Waals surface area (Å²) in [5, 5.41) is 9.77. The molecule has 1 heterocycles. The summed E-state index contributed by atoms with van der Waals surface area (Å²) in [6, 6.07) is 7.21. The summed E-state index contributed by atoms with van der Waals surface area (Å²) < 4.78 is 1.56. The van der Waals surface area contributed by atoms with E-state index >= 15 is 0 Å². The number of hydrogen-bond donors (Lipinski definition) is 2. The number of nitrogens with one attached hydrogen (secondary N) is 2. The summed E-state index contributed by atoms with van der Waals surface area (Å²) in [5.74, 6) is 0.590. The number of aryl methyl sites for hydroxylation is 1. The second-order valence-electron chi connectivity index (χ2n) is 5.63. The highest BCUT2D eigenvalue weighted by molar-refractivity contribution is 7.98. The molecule has 6 nitrogen and oxygen atoms in total. The topological polar surface area (TPSA) is 76.0 Å². The van der Waals surface area contributed by atoms with E-state index in [9.17, 15) is 9.59 Å². The van der Waals surface area contributed by atoms with E-state index in [4.69, 9.17) is 0 Å². The fraction of sp³-hybridized carbons (Fsp3) is 0.353. The smallest absolute Gasteiger partial charge is 0.246 e. The Hall–Kier alpha value is -2.28. The van der Waals surface area contributed by atoms with Crippen molar-refractivity contribution in [2.75, 3.05) is 22.6 Å². The number of carbonyl (C=O) groups excluding carboxylic acids is 2. The number of rotatable bonds is 7. The molecule has 2 aromatic rings. The van der Waals surface area contributed by atoms with Crippen LogP contribution in [0.4, 0.5) is 11.4 Å². The molecule has 0 fully saturated rings. The lowest BCUT2D eigenvalue weighted by molar-refractivity contribution is -0.119. The van der Waals surface area contributed by atoms with Crippen molar-refractivity contribution in [2.24, 2.45) is 5.92 Å². The van der Waals surface area contributed by atoms with Gasteiger partial charge >= 0.3 is 0 Å². The monoisotopic (exact) mass is 346 g/mol. The molecule has 0 radical (unpaired) electrons. The Labute approximate surface area is 146 Å². The molecule has 1 aromatic heterocycles. The third kappa shape index (κ3) is 5.13. The molecule has 0 saturated carbocycles. The molecule has 2 N–H and O–H groups in total. The maximum atomic E-state index is 12.1. The van der Waals surface area contributed by atoms with Gasteiger partial charge in [0, 0.05) is 35.4 Å². The number of amides is 2. The zero-order chi connectivity index (χ0) is 17.5. The molecule has 0 bridgehead atoms. The molecule has 7 heteroatoms. The van der Waals surface area contributed by atoms with Crippen LogP contribution in [0, 0.1) is 12.8 Å². The number of nitrogens with zero attached hydrogens (tertiary/aromatic N) is 2. The van der Waals surface area contributed by atoms with Crippen molar-refractivity contribution in [2.45, 2.75) is 20.4 Å². The third-order valence-corrected chi connectivity index (χ3v) is 4.33. The van der Waals surface area contributed by atoms with Gasteiger partial charge in [0.05, 0.1) is 0 Å². The van der Waals surface area contributed by atoms with Gasteiger partial charge in [0.15, 0.2) is 0 Å². The first-order valence-corrected chi connectivity index (χ1v) is 9.06. The predicted octanol–water partition coefficient (Wildman–Crippen LogP) is 2.77. The van der Waals surface area contributed by atoms with E-state index in [1.807, 2.05) is 26.2 Å². The van der Waals surface area contributed by atoms with Crippen molar-refractivity contribution in [3.05, 3.63) is 42.2 Å². The van der Waals surface area contributed by atoms with Crippen LogP contribution in [-0.4, -0.2) is 33.6 Å². The molecule has 24 heavy (non-hydrogen) atoms. The van der Waals surface area contributed by atoms with Crippen molar-refractivity contribution < 1.29 is 9.59 Å². The average molecular weight is 346 g/mol. The quantitative estimate of drug-likeness (QED) is 0.808. The fourth-order valence-electron chi connectivity index (χ4n) is 2.20. The van der Waals surface area contributed by atoms with Crippen LogP contribution in [0.1, 0.15) is 12.5 Å². The number of aromatic nitrogens is 2. The number of anilines is 2. The number of hydrogen-bond acceptors (Lipinski definition) is 4. The first kappa shape index (κ1) is 18.1. The second kappa shape index (κ2) is 8.54. The van der Waals surface area contributed by atoms with Gasteiger partial charge in [-0.2, -0.15) is 16.9 Å². The minimum Gasteiger partial charge on any atom is -0.326 e. The molecule has 0 unspecified atom stereocenters. The van der Waals surface area contributed by atoms with Crippen LogP contribution in [0.5, 0.6) is 0 Å². The fourth-order valence-corrected chi connectivity index (χ4v) is 2.86. The lowest BCUT2D eigenvalue weighted by Gasteiger charge is -2.13. The van der Waals surface area contributed by atoms with Crippen LogP contribution in [0.3, 0.4) is 0 Å². The minimum atomic E-state index is -0.146. The Kier molecular flexibility index (Phi) is 6.43. The summed E-state index contributed by atoms with van der Waals surface area (Å²) in [6.07, 6.45) is 5.35. The lowest BCUT2D eigenvalue weighted by Crippen LogP contribution is -2.22. The molecule has 1 atom stereocenters. The third-order valence-electron chi connectivity index (χ3n) is 3.50. The Morgan fingerprint density at radius 3 is 2.75 bits per heavy atom. The summed E-state index contributed by atoms with van der Waals surface area (Å²) in [5.41, 5.74) is 2.34. The highest BCUT2D eigenvalue weighted by Gasteiger charge is 2.13. The number of thioether (sulfide) groups is 1. The normalized spacial score (nSPS) is 11.8. The molecular formula is C17H22N4O2S. The zero-order valence-corrected chi connectivity index (χ0v) is 14.9. The van der Waals surface area contributed by atoms with E-state index < -0.39 is 0 Å². The number of carbonyl (C=O) groups is 2. The molecule has 2 rings (SSSR count). The first-order chi connectivity index (χ1) is 11.5. The van der Waals surface area contributed by atoms with Crippen LogP contribution in [0.2, 0.25) is 0 Å². The maximum Gasteiger partial charge on any atom is 0.246 e. The van der Waals surface area contributed by atoms with Crippen molar-refractivity contribution in [3.63, 3.8) is 0 Å². The summed E-state index contributed by atoms with van der Waals surface area (Å²) >= 11 is 1.65. The number of benzene rings is 1. The molecule has 1 aromatic carbocycles. The van der Waals surface area contributed by atoms with Crippen molar-refractivity contribution in [1.29, 1.82) is 0 Å². The lowest BCUT2D eigenvalue weighted by atomic mass is 10.1. The van der Waals surface area contributed by atoms with Crippen LogP contribution < -0.4 is 10.6 Å². The molecule has 0 spiro atoms.